The zero-order valence-electron chi connectivity index (χ0n) is 15.8. The van der Waals surface area contributed by atoms with Crippen molar-refractivity contribution in [3.8, 4) is 0 Å². The molecule has 2 aliphatic rings. The van der Waals surface area contributed by atoms with Gasteiger partial charge in [0.1, 0.15) is 0 Å². The number of hydrogen-bond acceptors (Lipinski definition) is 7. The van der Waals surface area contributed by atoms with Crippen molar-refractivity contribution in [1.29, 1.82) is 0 Å². The normalized spacial score (nSPS) is 18.9. The molecule has 1 aromatic carbocycles. The highest BCUT2D eigenvalue weighted by atomic mass is 16.4. The molecule has 1 aliphatic heterocycles. The molecule has 0 atom stereocenters. The number of piperazine rings is 1. The van der Waals surface area contributed by atoms with E-state index in [-0.39, 0.29) is 5.56 Å². The first-order valence-electron chi connectivity index (χ1n) is 10.0. The second kappa shape index (κ2) is 7.35. The molecule has 2 fully saturated rings. The van der Waals surface area contributed by atoms with Crippen molar-refractivity contribution in [3.05, 3.63) is 47.2 Å². The zero-order valence-corrected chi connectivity index (χ0v) is 15.8. The first-order chi connectivity index (χ1) is 13.8. The van der Waals surface area contributed by atoms with Crippen molar-refractivity contribution in [2.24, 2.45) is 0 Å². The van der Waals surface area contributed by atoms with Crippen LogP contribution in [0.3, 0.4) is 0 Å². The van der Waals surface area contributed by atoms with Gasteiger partial charge in [-0.3, -0.25) is 14.3 Å². The molecule has 3 heterocycles. The minimum absolute atomic E-state index is 0.0906. The summed E-state index contributed by atoms with van der Waals surface area (Å²) in [5.74, 6) is 0.655. The first kappa shape index (κ1) is 17.4. The quantitative estimate of drug-likeness (QED) is 0.686. The molecule has 5 rings (SSSR count). The average Bonchev–Trinajstić information content (AvgIpc) is 3.43. The lowest BCUT2D eigenvalue weighted by molar-refractivity contribution is 0.226. The maximum Gasteiger partial charge on any atom is 0.261 e. The third-order valence-electron chi connectivity index (χ3n) is 5.99. The third kappa shape index (κ3) is 3.28. The summed E-state index contributed by atoms with van der Waals surface area (Å²) in [5, 5.41) is 8.40. The van der Waals surface area contributed by atoms with E-state index in [2.05, 4.69) is 31.0 Å². The minimum atomic E-state index is 0.0906. The summed E-state index contributed by atoms with van der Waals surface area (Å²) < 4.78 is 7.07. The van der Waals surface area contributed by atoms with Gasteiger partial charge in [-0.05, 0) is 31.0 Å². The van der Waals surface area contributed by atoms with E-state index in [0.29, 0.717) is 23.9 Å². The highest BCUT2D eigenvalue weighted by Gasteiger charge is 2.21. The average molecular weight is 380 g/mol. The van der Waals surface area contributed by atoms with Crippen LogP contribution in [0.4, 0.5) is 5.69 Å². The monoisotopic (exact) mass is 380 g/mol. The standard InChI is InChI=1S/C20H24N6O2/c27-20-17-6-5-16(11-18(17)21-13-26(20)15-3-1-2-4-15)25-9-7-24(8-10-25)12-19-23-22-14-28-19/h5-6,11,13-15H,1-4,7-10,12H2. The van der Waals surface area contributed by atoms with Crippen LogP contribution in [0.15, 0.2) is 40.1 Å². The Hall–Kier alpha value is -2.74. The summed E-state index contributed by atoms with van der Waals surface area (Å²) in [5.41, 5.74) is 1.99. The Kier molecular flexibility index (Phi) is 4.56. The van der Waals surface area contributed by atoms with Gasteiger partial charge < -0.3 is 9.32 Å². The molecular weight excluding hydrogens is 356 g/mol. The van der Waals surface area contributed by atoms with Gasteiger partial charge in [0.25, 0.3) is 5.56 Å². The molecule has 3 aromatic rings. The molecule has 0 unspecified atom stereocenters. The van der Waals surface area contributed by atoms with E-state index in [9.17, 15) is 4.79 Å². The van der Waals surface area contributed by atoms with Gasteiger partial charge >= 0.3 is 0 Å². The van der Waals surface area contributed by atoms with E-state index in [4.69, 9.17) is 4.42 Å². The Morgan fingerprint density at radius 1 is 1.11 bits per heavy atom. The van der Waals surface area contributed by atoms with E-state index in [1.165, 1.54) is 19.2 Å². The highest BCUT2D eigenvalue weighted by Crippen LogP contribution is 2.28. The predicted molar refractivity (Wildman–Crippen MR) is 105 cm³/mol. The number of rotatable bonds is 4. The van der Waals surface area contributed by atoms with E-state index in [0.717, 1.165) is 50.2 Å². The molecule has 1 aliphatic carbocycles. The van der Waals surface area contributed by atoms with Crippen LogP contribution in [0.1, 0.15) is 37.6 Å². The van der Waals surface area contributed by atoms with Crippen molar-refractivity contribution in [1.82, 2.24) is 24.6 Å². The lowest BCUT2D eigenvalue weighted by Crippen LogP contribution is -2.46. The Labute approximate surface area is 162 Å². The number of anilines is 1. The van der Waals surface area contributed by atoms with Gasteiger partial charge in [0.15, 0.2) is 0 Å². The van der Waals surface area contributed by atoms with Crippen LogP contribution in [0, 0.1) is 0 Å². The highest BCUT2D eigenvalue weighted by molar-refractivity contribution is 5.81. The van der Waals surface area contributed by atoms with Crippen LogP contribution in [0.2, 0.25) is 0 Å². The van der Waals surface area contributed by atoms with Crippen LogP contribution in [-0.2, 0) is 6.54 Å². The first-order valence-corrected chi connectivity index (χ1v) is 10.0. The summed E-state index contributed by atoms with van der Waals surface area (Å²) in [6.07, 6.45) is 7.68. The van der Waals surface area contributed by atoms with Gasteiger partial charge in [0, 0.05) is 37.9 Å². The van der Waals surface area contributed by atoms with Crippen LogP contribution in [0.25, 0.3) is 10.9 Å². The second-order valence-electron chi connectivity index (χ2n) is 7.69. The molecule has 8 nitrogen and oxygen atoms in total. The van der Waals surface area contributed by atoms with Crippen molar-refractivity contribution in [3.63, 3.8) is 0 Å². The largest absolute Gasteiger partial charge is 0.427 e. The maximum atomic E-state index is 12.9. The van der Waals surface area contributed by atoms with E-state index >= 15 is 0 Å². The molecule has 0 radical (unpaired) electrons. The van der Waals surface area contributed by atoms with E-state index in [1.54, 1.807) is 6.33 Å². The topological polar surface area (TPSA) is 80.3 Å². The fourth-order valence-electron chi connectivity index (χ4n) is 4.38. The number of nitrogens with zero attached hydrogens (tertiary/aromatic N) is 6. The summed E-state index contributed by atoms with van der Waals surface area (Å²) in [6, 6.07) is 6.36. The molecule has 0 amide bonds. The molecule has 0 bridgehead atoms. The number of fused-ring (bicyclic) bond motifs is 1. The van der Waals surface area contributed by atoms with Gasteiger partial charge in [-0.15, -0.1) is 10.2 Å². The lowest BCUT2D eigenvalue weighted by Gasteiger charge is -2.35. The summed E-state index contributed by atoms with van der Waals surface area (Å²) in [4.78, 5) is 22.1. The Morgan fingerprint density at radius 2 is 1.93 bits per heavy atom. The third-order valence-corrected chi connectivity index (χ3v) is 5.99. The molecular formula is C20H24N6O2. The predicted octanol–water partition coefficient (Wildman–Crippen LogP) is 2.22. The smallest absolute Gasteiger partial charge is 0.261 e. The van der Waals surface area contributed by atoms with Crippen LogP contribution in [-0.4, -0.2) is 50.8 Å². The van der Waals surface area contributed by atoms with Crippen LogP contribution >= 0.6 is 0 Å². The minimum Gasteiger partial charge on any atom is -0.427 e. The Bertz CT molecular complexity index is 1000. The fraction of sp³-hybridized carbons (Fsp3) is 0.500. The van der Waals surface area contributed by atoms with E-state index < -0.39 is 0 Å². The van der Waals surface area contributed by atoms with Gasteiger partial charge in [0.2, 0.25) is 12.3 Å². The van der Waals surface area contributed by atoms with Crippen LogP contribution < -0.4 is 10.5 Å². The zero-order chi connectivity index (χ0) is 18.9. The van der Waals surface area contributed by atoms with Crippen molar-refractivity contribution in [2.75, 3.05) is 31.1 Å². The number of benzene rings is 1. The number of aromatic nitrogens is 4. The molecule has 146 valence electrons. The van der Waals surface area contributed by atoms with E-state index in [1.807, 2.05) is 16.7 Å². The van der Waals surface area contributed by atoms with Crippen molar-refractivity contribution >= 4 is 16.6 Å². The molecule has 1 saturated heterocycles. The van der Waals surface area contributed by atoms with Gasteiger partial charge in [-0.2, -0.15) is 0 Å². The summed E-state index contributed by atoms with van der Waals surface area (Å²) in [6.45, 7) is 4.37. The van der Waals surface area contributed by atoms with Crippen molar-refractivity contribution in [2.45, 2.75) is 38.3 Å². The Morgan fingerprint density at radius 3 is 2.68 bits per heavy atom. The Balaban J connectivity index is 1.31. The molecule has 8 heteroatoms. The number of hydrogen-bond donors (Lipinski definition) is 0. The molecule has 1 saturated carbocycles. The second-order valence-corrected chi connectivity index (χ2v) is 7.69. The molecule has 28 heavy (non-hydrogen) atoms. The van der Waals surface area contributed by atoms with Crippen molar-refractivity contribution < 1.29 is 4.42 Å². The fourth-order valence-corrected chi connectivity index (χ4v) is 4.38. The summed E-state index contributed by atoms with van der Waals surface area (Å²) in [7, 11) is 0. The SMILES string of the molecule is O=c1c2ccc(N3CCN(Cc4nnco4)CC3)cc2ncn1C1CCCC1. The van der Waals surface area contributed by atoms with Gasteiger partial charge in [-0.25, -0.2) is 4.98 Å². The van der Waals surface area contributed by atoms with Gasteiger partial charge in [-0.1, -0.05) is 12.8 Å². The lowest BCUT2D eigenvalue weighted by atomic mass is 10.1. The molecule has 0 N–H and O–H groups in total. The van der Waals surface area contributed by atoms with Crippen LogP contribution in [0.5, 0.6) is 0 Å². The summed E-state index contributed by atoms with van der Waals surface area (Å²) >= 11 is 0. The molecule has 0 spiro atoms. The molecule has 2 aromatic heterocycles. The van der Waals surface area contributed by atoms with Gasteiger partial charge in [0.05, 0.1) is 23.8 Å². The maximum absolute atomic E-state index is 12.9.